The second kappa shape index (κ2) is 7.85. The summed E-state index contributed by atoms with van der Waals surface area (Å²) in [5, 5.41) is 12.6. The Morgan fingerprint density at radius 3 is 2.62 bits per heavy atom. The first-order valence-electron chi connectivity index (χ1n) is 8.43. The van der Waals surface area contributed by atoms with Crippen molar-refractivity contribution in [3.05, 3.63) is 76.6 Å². The summed E-state index contributed by atoms with van der Waals surface area (Å²) in [6.45, 7) is 0.353. The van der Waals surface area contributed by atoms with Crippen molar-refractivity contribution in [3.63, 3.8) is 0 Å². The Hall–Kier alpha value is -2.43. The molecule has 0 fully saturated rings. The minimum Gasteiger partial charge on any atom is -0.507 e. The Bertz CT molecular complexity index is 936. The molecule has 0 amide bonds. The van der Waals surface area contributed by atoms with Crippen molar-refractivity contribution in [3.8, 4) is 5.75 Å². The van der Waals surface area contributed by atoms with Gasteiger partial charge in [-0.15, -0.1) is 0 Å². The number of likely N-dealkylation sites (N-methyl/N-ethyl adjacent to an activating group) is 1. The Morgan fingerprint density at radius 1 is 1.12 bits per heavy atom. The van der Waals surface area contributed by atoms with E-state index in [4.69, 9.17) is 11.6 Å². The number of nitrogens with one attached hydrogen (secondary N) is 1. The first kappa shape index (κ1) is 18.4. The number of phenolic OH excluding ortho intramolecular Hbond substituents is 1. The van der Waals surface area contributed by atoms with Crippen LogP contribution in [0.5, 0.6) is 5.75 Å². The van der Waals surface area contributed by atoms with Crippen LogP contribution >= 0.6 is 11.6 Å². The van der Waals surface area contributed by atoms with E-state index in [1.165, 1.54) is 6.07 Å². The number of nitrogens with zero attached hydrogens (tertiary/aromatic N) is 1. The van der Waals surface area contributed by atoms with Gasteiger partial charge in [-0.1, -0.05) is 48.0 Å². The molecule has 0 heterocycles. The van der Waals surface area contributed by atoms with E-state index in [0.717, 1.165) is 15.7 Å². The smallest absolute Gasteiger partial charge is 0.137 e. The maximum Gasteiger partial charge on any atom is 0.137 e. The third kappa shape index (κ3) is 3.71. The quantitative estimate of drug-likeness (QED) is 0.660. The van der Waals surface area contributed by atoms with Crippen LogP contribution in [0.1, 0.15) is 17.2 Å². The number of aromatic hydroxyl groups is 1. The summed E-state index contributed by atoms with van der Waals surface area (Å²) in [6.07, 6.45) is 1.66. The van der Waals surface area contributed by atoms with Crippen molar-refractivity contribution in [2.75, 3.05) is 20.6 Å². The average molecular weight is 372 g/mol. The molecule has 3 aromatic rings. The molecule has 0 aliphatic rings. The van der Waals surface area contributed by atoms with Gasteiger partial charge in [-0.2, -0.15) is 0 Å². The van der Waals surface area contributed by atoms with Crippen molar-refractivity contribution in [2.24, 2.45) is 4.99 Å². The second-order valence-electron chi connectivity index (χ2n) is 6.48. The van der Waals surface area contributed by atoms with Crippen molar-refractivity contribution >= 4 is 28.6 Å². The van der Waals surface area contributed by atoms with E-state index < -0.39 is 0 Å². The lowest BCUT2D eigenvalue weighted by Gasteiger charge is -2.21. The molecule has 0 saturated carbocycles. The van der Waals surface area contributed by atoms with Crippen LogP contribution in [-0.2, 0) is 0 Å². The number of aliphatic imine (C=N–C) groups is 1. The Balaban J connectivity index is 1.93. The number of benzene rings is 3. The molecule has 1 atom stereocenters. The normalized spacial score (nSPS) is 13.0. The van der Waals surface area contributed by atoms with Gasteiger partial charge in [-0.25, -0.2) is 4.39 Å². The number of phenols is 1. The van der Waals surface area contributed by atoms with Gasteiger partial charge in [0.15, 0.2) is 0 Å². The van der Waals surface area contributed by atoms with Crippen molar-refractivity contribution < 1.29 is 14.4 Å². The molecule has 0 aliphatic carbocycles. The van der Waals surface area contributed by atoms with Crippen LogP contribution in [-0.4, -0.2) is 32.0 Å². The molecule has 134 valence electrons. The second-order valence-corrected chi connectivity index (χ2v) is 6.89. The first-order chi connectivity index (χ1) is 12.5. The van der Waals surface area contributed by atoms with Crippen LogP contribution in [0.3, 0.4) is 0 Å². The molecule has 3 rings (SSSR count). The van der Waals surface area contributed by atoms with Gasteiger partial charge in [0, 0.05) is 11.8 Å². The SMILES string of the molecule is C[NH+](C)[C@H](CN=Cc1c(O)ccc2ccccc12)c1c(F)cccc1Cl. The molecule has 3 nitrogen and oxygen atoms in total. The maximum atomic E-state index is 14.3. The van der Waals surface area contributed by atoms with Gasteiger partial charge in [0.2, 0.25) is 0 Å². The highest BCUT2D eigenvalue weighted by Crippen LogP contribution is 2.27. The Labute approximate surface area is 157 Å². The zero-order chi connectivity index (χ0) is 18.7. The van der Waals surface area contributed by atoms with Crippen LogP contribution in [0.15, 0.2) is 59.6 Å². The predicted octanol–water partition coefficient (Wildman–Crippen LogP) is 3.64. The third-order valence-corrected chi connectivity index (χ3v) is 4.83. The number of hydrogen-bond acceptors (Lipinski definition) is 2. The van der Waals surface area contributed by atoms with Gasteiger partial charge in [-0.3, -0.25) is 4.99 Å². The molecule has 0 spiro atoms. The highest BCUT2D eigenvalue weighted by molar-refractivity contribution is 6.31. The lowest BCUT2D eigenvalue weighted by Crippen LogP contribution is -3.06. The monoisotopic (exact) mass is 371 g/mol. The van der Waals surface area contributed by atoms with Crippen LogP contribution in [0.2, 0.25) is 5.02 Å². The van der Waals surface area contributed by atoms with Gasteiger partial charge < -0.3 is 10.0 Å². The number of rotatable bonds is 5. The van der Waals surface area contributed by atoms with Crippen LogP contribution in [0, 0.1) is 5.82 Å². The molecule has 3 aromatic carbocycles. The molecule has 0 unspecified atom stereocenters. The standard InChI is InChI=1S/C21H20ClFN2O/c1-25(2)19(21-17(22)8-5-9-18(21)23)13-24-12-16-15-7-4-3-6-14(15)10-11-20(16)26/h3-12,19,26H,13H2,1-2H3/p+1/t19-/m1/s1. The molecule has 0 saturated heterocycles. The summed E-state index contributed by atoms with van der Waals surface area (Å²) in [4.78, 5) is 5.53. The van der Waals surface area contributed by atoms with E-state index in [9.17, 15) is 9.50 Å². The zero-order valence-electron chi connectivity index (χ0n) is 14.7. The number of hydrogen-bond donors (Lipinski definition) is 2. The summed E-state index contributed by atoms with van der Waals surface area (Å²) in [7, 11) is 3.89. The molecule has 0 bridgehead atoms. The lowest BCUT2D eigenvalue weighted by atomic mass is 10.0. The molecule has 0 radical (unpaired) electrons. The molecular formula is C21H21ClFN2O+. The fourth-order valence-corrected chi connectivity index (χ4v) is 3.37. The number of fused-ring (bicyclic) bond motifs is 1. The maximum absolute atomic E-state index is 14.3. The summed E-state index contributed by atoms with van der Waals surface area (Å²) in [6, 6.07) is 15.8. The fraction of sp³-hybridized carbons (Fsp3) is 0.190. The largest absolute Gasteiger partial charge is 0.507 e. The molecule has 2 N–H and O–H groups in total. The van der Waals surface area contributed by atoms with Gasteiger partial charge >= 0.3 is 0 Å². The van der Waals surface area contributed by atoms with E-state index in [0.29, 0.717) is 22.7 Å². The van der Waals surface area contributed by atoms with Crippen molar-refractivity contribution in [1.82, 2.24) is 0 Å². The fourth-order valence-electron chi connectivity index (χ4n) is 3.08. The van der Waals surface area contributed by atoms with Crippen LogP contribution in [0.25, 0.3) is 10.8 Å². The molecule has 0 aromatic heterocycles. The topological polar surface area (TPSA) is 37.0 Å². The van der Waals surface area contributed by atoms with Crippen molar-refractivity contribution in [1.29, 1.82) is 0 Å². The van der Waals surface area contributed by atoms with E-state index in [-0.39, 0.29) is 17.6 Å². The molecular weight excluding hydrogens is 351 g/mol. The van der Waals surface area contributed by atoms with Crippen molar-refractivity contribution in [2.45, 2.75) is 6.04 Å². The zero-order valence-corrected chi connectivity index (χ0v) is 15.5. The summed E-state index contributed by atoms with van der Waals surface area (Å²) in [5.74, 6) is -0.156. The average Bonchev–Trinajstić information content (AvgIpc) is 2.61. The minimum absolute atomic E-state index is 0.171. The van der Waals surface area contributed by atoms with E-state index in [1.807, 2.05) is 44.4 Å². The highest BCUT2D eigenvalue weighted by atomic mass is 35.5. The Kier molecular flexibility index (Phi) is 5.55. The Morgan fingerprint density at radius 2 is 1.88 bits per heavy atom. The van der Waals surface area contributed by atoms with E-state index >= 15 is 0 Å². The van der Waals surface area contributed by atoms with Gasteiger partial charge in [0.1, 0.15) is 17.6 Å². The van der Waals surface area contributed by atoms with Crippen LogP contribution in [0.4, 0.5) is 4.39 Å². The summed E-state index contributed by atoms with van der Waals surface area (Å²) < 4.78 is 14.3. The van der Waals surface area contributed by atoms with E-state index in [1.54, 1.807) is 24.4 Å². The molecule has 5 heteroatoms. The number of halogens is 2. The summed E-state index contributed by atoms with van der Waals surface area (Å²) >= 11 is 6.22. The van der Waals surface area contributed by atoms with Crippen LogP contribution < -0.4 is 4.90 Å². The highest BCUT2D eigenvalue weighted by Gasteiger charge is 2.24. The summed E-state index contributed by atoms with van der Waals surface area (Å²) in [5.41, 5.74) is 1.13. The number of quaternary nitrogens is 1. The van der Waals surface area contributed by atoms with Gasteiger partial charge in [0.25, 0.3) is 0 Å². The van der Waals surface area contributed by atoms with Gasteiger partial charge in [-0.05, 0) is 29.0 Å². The third-order valence-electron chi connectivity index (χ3n) is 4.50. The minimum atomic E-state index is -0.327. The van der Waals surface area contributed by atoms with Gasteiger partial charge in [0.05, 0.1) is 31.2 Å². The predicted molar refractivity (Wildman–Crippen MR) is 105 cm³/mol. The first-order valence-corrected chi connectivity index (χ1v) is 8.81. The lowest BCUT2D eigenvalue weighted by molar-refractivity contribution is -0.890. The van der Waals surface area contributed by atoms with E-state index in [2.05, 4.69) is 4.99 Å². The molecule has 26 heavy (non-hydrogen) atoms. The molecule has 0 aliphatic heterocycles.